The Morgan fingerprint density at radius 1 is 0.178 bits per heavy atom. The van der Waals surface area contributed by atoms with E-state index in [1.807, 2.05) is 11.3 Å². The van der Waals surface area contributed by atoms with Gasteiger partial charge in [0.05, 0.1) is 32.5 Å². The Hall–Kier alpha value is -12.7. The van der Waals surface area contributed by atoms with E-state index < -0.39 is 0 Å². The fourth-order valence-corrected chi connectivity index (χ4v) is 18.4. The summed E-state index contributed by atoms with van der Waals surface area (Å²) in [5.41, 5.74) is 38.0. The minimum atomic E-state index is -0.159. The fourth-order valence-electron chi connectivity index (χ4n) is 17.1. The zero-order chi connectivity index (χ0) is 66.2. The summed E-state index contributed by atoms with van der Waals surface area (Å²) >= 11 is 1.92. The molecule has 0 atom stereocenters. The smallest absolute Gasteiger partial charge is 0.252 e. The van der Waals surface area contributed by atoms with Crippen molar-refractivity contribution in [3.63, 3.8) is 0 Å². The van der Waals surface area contributed by atoms with Crippen molar-refractivity contribution in [3.05, 3.63) is 364 Å². The minimum Gasteiger partial charge on any atom is -0.311 e. The number of hydrogen-bond donors (Lipinski definition) is 0. The normalized spacial score (nSPS) is 13.0. The van der Waals surface area contributed by atoms with Crippen LogP contribution in [0.1, 0.15) is 0 Å². The molecule has 6 heterocycles. The van der Waals surface area contributed by atoms with Gasteiger partial charge < -0.3 is 19.6 Å². The summed E-state index contributed by atoms with van der Waals surface area (Å²) in [6.07, 6.45) is 0. The van der Waals surface area contributed by atoms with Crippen LogP contribution in [0.15, 0.2) is 364 Å². The van der Waals surface area contributed by atoms with E-state index >= 15 is 0 Å². The second-order valence-corrected chi connectivity index (χ2v) is 28.1. The number of fused-ring (bicyclic) bond motifs is 11. The van der Waals surface area contributed by atoms with Gasteiger partial charge in [0.15, 0.2) is 0 Å². The molecule has 0 bridgehead atoms. The number of thiophene rings is 1. The molecule has 468 valence electrons. The van der Waals surface area contributed by atoms with Crippen LogP contribution in [0.5, 0.6) is 0 Å². The van der Waals surface area contributed by atoms with E-state index in [-0.39, 0.29) is 13.4 Å². The van der Waals surface area contributed by atoms with Crippen molar-refractivity contribution in [1.29, 1.82) is 0 Å². The molecule has 4 nitrogen and oxygen atoms in total. The van der Waals surface area contributed by atoms with E-state index in [1.54, 1.807) is 0 Å². The third kappa shape index (κ3) is 8.96. The average Bonchev–Trinajstić information content (AvgIpc) is 1.65. The van der Waals surface area contributed by atoms with Crippen LogP contribution in [0.3, 0.4) is 0 Å². The first-order valence-electron chi connectivity index (χ1n) is 34.9. The standard InChI is InChI=1S/C94H60B2N4S/c1-9-29-61(30-10-1)69-51-70(62-31-11-2-12-32-62)54-75(53-69)97-81-47-27-25-45-77(81)95-79-49-50-80-90-89(79)99(85-59-73(57-83(97)87(85)95)65-37-17-5-18-38-65)91-92(94(68-43-23-8-24-44-68)101-93(91)67-41-21-7-22-42-67)100(90)86-60-74(66-39-19-6-20-40-66)58-84-88(86)96(80)78-46-26-28-48-82(78)98(84)76-55-71(63-33-13-3-14-34-63)52-72(56-76)64-35-15-4-16-36-64/h1-60H. The van der Waals surface area contributed by atoms with Crippen molar-refractivity contribution in [2.24, 2.45) is 0 Å². The van der Waals surface area contributed by atoms with E-state index in [0.717, 1.165) is 67.3 Å². The van der Waals surface area contributed by atoms with Crippen molar-refractivity contribution in [1.82, 2.24) is 0 Å². The highest BCUT2D eigenvalue weighted by atomic mass is 32.1. The molecule has 5 aliphatic rings. The zero-order valence-corrected chi connectivity index (χ0v) is 55.8. The van der Waals surface area contributed by atoms with Crippen LogP contribution in [0.2, 0.25) is 0 Å². The van der Waals surface area contributed by atoms with Crippen molar-refractivity contribution in [3.8, 4) is 87.6 Å². The van der Waals surface area contributed by atoms with Crippen LogP contribution in [-0.4, -0.2) is 13.4 Å². The van der Waals surface area contributed by atoms with Gasteiger partial charge in [0.25, 0.3) is 13.4 Å². The summed E-state index contributed by atoms with van der Waals surface area (Å²) in [6, 6.07) is 136. The Kier molecular flexibility index (Phi) is 13.1. The van der Waals surface area contributed by atoms with Gasteiger partial charge in [-0.15, -0.1) is 11.3 Å². The molecule has 21 rings (SSSR count). The lowest BCUT2D eigenvalue weighted by Crippen LogP contribution is -2.65. The third-order valence-corrected chi connectivity index (χ3v) is 22.7. The minimum absolute atomic E-state index is 0.159. The molecule has 101 heavy (non-hydrogen) atoms. The van der Waals surface area contributed by atoms with Gasteiger partial charge in [-0.1, -0.05) is 291 Å². The zero-order valence-electron chi connectivity index (χ0n) is 55.0. The largest absolute Gasteiger partial charge is 0.311 e. The molecule has 5 aliphatic heterocycles. The van der Waals surface area contributed by atoms with Crippen molar-refractivity contribution < 1.29 is 0 Å². The third-order valence-electron chi connectivity index (χ3n) is 21.4. The Morgan fingerprint density at radius 2 is 0.426 bits per heavy atom. The van der Waals surface area contributed by atoms with Gasteiger partial charge >= 0.3 is 0 Å². The molecule has 1 aromatic heterocycles. The number of nitrogens with zero attached hydrogens (tertiary/aromatic N) is 4. The first kappa shape index (κ1) is 57.4. The first-order valence-corrected chi connectivity index (χ1v) is 35.8. The molecule has 0 saturated heterocycles. The Morgan fingerprint density at radius 3 is 0.723 bits per heavy atom. The molecule has 0 saturated carbocycles. The maximum Gasteiger partial charge on any atom is 0.252 e. The lowest BCUT2D eigenvalue weighted by atomic mass is 9.31. The van der Waals surface area contributed by atoms with Crippen LogP contribution in [0, 0.1) is 0 Å². The second-order valence-electron chi connectivity index (χ2n) is 27.0. The molecule has 0 N–H and O–H groups in total. The molecule has 16 aromatic rings. The molecule has 0 spiro atoms. The SMILES string of the molecule is c1ccc(-c2cc(-c3ccccc3)cc(N3c4ccccc4B4c5ccc6c7c5N(c5cc(-c8ccccc8)cc3c54)c3c(-c4ccccc4)sc(-c4ccccc4)c3N7c3cc(-c4ccccc4)cc4c3B6c3ccccc3N4c3cc(-c4ccccc4)cc(-c4ccccc4)c3)c2)cc1. The molecule has 0 radical (unpaired) electrons. The summed E-state index contributed by atoms with van der Waals surface area (Å²) in [7, 11) is 0. The van der Waals surface area contributed by atoms with Crippen LogP contribution in [0.4, 0.5) is 68.2 Å². The first-order chi connectivity index (χ1) is 50.1. The van der Waals surface area contributed by atoms with Gasteiger partial charge in [-0.3, -0.25) is 0 Å². The van der Waals surface area contributed by atoms with E-state index in [2.05, 4.69) is 384 Å². The van der Waals surface area contributed by atoms with E-state index in [4.69, 9.17) is 0 Å². The number of anilines is 12. The Balaban J connectivity index is 0.893. The monoisotopic (exact) mass is 1300 g/mol. The summed E-state index contributed by atoms with van der Waals surface area (Å²) < 4.78 is 0. The highest BCUT2D eigenvalue weighted by molar-refractivity contribution is 7.20. The molecule has 15 aromatic carbocycles. The van der Waals surface area contributed by atoms with Crippen LogP contribution in [0.25, 0.3) is 87.6 Å². The maximum absolute atomic E-state index is 2.77. The van der Waals surface area contributed by atoms with Crippen molar-refractivity contribution in [2.75, 3.05) is 19.6 Å². The topological polar surface area (TPSA) is 13.0 Å². The number of benzene rings is 15. The molecule has 0 aliphatic carbocycles. The summed E-state index contributed by atoms with van der Waals surface area (Å²) in [6.45, 7) is -0.319. The molecule has 0 unspecified atom stereocenters. The lowest BCUT2D eigenvalue weighted by Gasteiger charge is -2.52. The van der Waals surface area contributed by atoms with E-state index in [1.165, 1.54) is 121 Å². The summed E-state index contributed by atoms with van der Waals surface area (Å²) in [5, 5.41) is 0. The molecule has 0 fully saturated rings. The van der Waals surface area contributed by atoms with Gasteiger partial charge in [0.1, 0.15) is 0 Å². The lowest BCUT2D eigenvalue weighted by molar-refractivity contribution is 1.18. The number of para-hydroxylation sites is 2. The highest BCUT2D eigenvalue weighted by Gasteiger charge is 2.54. The predicted octanol–water partition coefficient (Wildman–Crippen LogP) is 21.6. The number of hydrogen-bond acceptors (Lipinski definition) is 5. The molecular weight excluding hydrogens is 1240 g/mol. The van der Waals surface area contributed by atoms with Crippen molar-refractivity contribution >= 4 is 126 Å². The number of rotatable bonds is 10. The van der Waals surface area contributed by atoms with Gasteiger partial charge in [0, 0.05) is 45.5 Å². The summed E-state index contributed by atoms with van der Waals surface area (Å²) in [5.74, 6) is 0. The van der Waals surface area contributed by atoms with Crippen LogP contribution < -0.4 is 52.4 Å². The average molecular weight is 1300 g/mol. The maximum atomic E-state index is 2.77. The van der Waals surface area contributed by atoms with Gasteiger partial charge in [-0.05, 0) is 183 Å². The quantitative estimate of drug-likeness (QED) is 0.127. The van der Waals surface area contributed by atoms with Gasteiger partial charge in [-0.2, -0.15) is 0 Å². The fraction of sp³-hybridized carbons (Fsp3) is 0. The second kappa shape index (κ2) is 23.0. The van der Waals surface area contributed by atoms with Crippen molar-refractivity contribution in [2.45, 2.75) is 0 Å². The predicted molar refractivity (Wildman–Crippen MR) is 429 cm³/mol. The molecular formula is C94H60B2N4S. The van der Waals surface area contributed by atoms with Crippen LogP contribution in [-0.2, 0) is 0 Å². The molecule has 0 amide bonds. The Labute approximate surface area is 593 Å². The molecule has 7 heteroatoms. The van der Waals surface area contributed by atoms with Gasteiger partial charge in [-0.25, -0.2) is 0 Å². The summed E-state index contributed by atoms with van der Waals surface area (Å²) in [4.78, 5) is 13.2. The highest BCUT2D eigenvalue weighted by Crippen LogP contribution is 2.65. The Bertz CT molecular complexity index is 5490. The van der Waals surface area contributed by atoms with E-state index in [0.29, 0.717) is 0 Å². The van der Waals surface area contributed by atoms with Crippen LogP contribution >= 0.6 is 11.3 Å². The van der Waals surface area contributed by atoms with E-state index in [9.17, 15) is 0 Å². The van der Waals surface area contributed by atoms with Gasteiger partial charge in [0.2, 0.25) is 0 Å².